The first kappa shape index (κ1) is 17.5. The molecule has 1 aromatic carbocycles. The lowest BCUT2D eigenvalue weighted by Gasteiger charge is -2.11. The Bertz CT molecular complexity index is 901. The largest absolute Gasteiger partial charge is 0.491 e. The van der Waals surface area contributed by atoms with Crippen molar-refractivity contribution >= 4 is 11.6 Å². The molecule has 3 heterocycles. The molecule has 1 aliphatic heterocycles. The quantitative estimate of drug-likeness (QED) is 0.694. The number of fused-ring (bicyclic) bond motifs is 1. The van der Waals surface area contributed by atoms with Crippen LogP contribution in [-0.4, -0.2) is 46.4 Å². The lowest BCUT2D eigenvalue weighted by Crippen LogP contribution is -2.26. The van der Waals surface area contributed by atoms with E-state index < -0.39 is 0 Å². The number of hydrogen-bond acceptors (Lipinski definition) is 5. The van der Waals surface area contributed by atoms with Crippen LogP contribution in [0.25, 0.3) is 5.65 Å². The van der Waals surface area contributed by atoms with Crippen molar-refractivity contribution in [1.29, 1.82) is 0 Å². The van der Waals surface area contributed by atoms with E-state index in [2.05, 4.69) is 15.5 Å². The Kier molecular flexibility index (Phi) is 5.29. The second-order valence-electron chi connectivity index (χ2n) is 6.52. The molecule has 1 saturated heterocycles. The smallest absolute Gasteiger partial charge is 0.251 e. The zero-order valence-corrected chi connectivity index (χ0v) is 15.0. The second kappa shape index (κ2) is 8.18. The Morgan fingerprint density at radius 3 is 2.93 bits per heavy atom. The SMILES string of the molecule is O=C(NCCc1nnc2ccccn12)c1ccc(OCC2CCCO2)cc1. The zero-order valence-electron chi connectivity index (χ0n) is 15.0. The summed E-state index contributed by atoms with van der Waals surface area (Å²) < 4.78 is 13.2. The Balaban J connectivity index is 1.26. The van der Waals surface area contributed by atoms with Gasteiger partial charge in [-0.1, -0.05) is 6.07 Å². The fourth-order valence-corrected chi connectivity index (χ4v) is 3.12. The van der Waals surface area contributed by atoms with E-state index in [0.29, 0.717) is 25.1 Å². The molecule has 27 heavy (non-hydrogen) atoms. The van der Waals surface area contributed by atoms with Crippen molar-refractivity contribution in [3.63, 3.8) is 0 Å². The van der Waals surface area contributed by atoms with E-state index in [0.717, 1.165) is 36.7 Å². The average Bonchev–Trinajstić information content (AvgIpc) is 3.37. The van der Waals surface area contributed by atoms with Crippen molar-refractivity contribution in [3.8, 4) is 5.75 Å². The molecule has 0 bridgehead atoms. The number of hydrogen-bond donors (Lipinski definition) is 1. The molecule has 0 aliphatic carbocycles. The maximum absolute atomic E-state index is 12.3. The Labute approximate surface area is 157 Å². The third-order valence-electron chi connectivity index (χ3n) is 4.59. The third-order valence-corrected chi connectivity index (χ3v) is 4.59. The molecule has 0 saturated carbocycles. The highest BCUT2D eigenvalue weighted by atomic mass is 16.5. The molecular formula is C20H22N4O3. The van der Waals surface area contributed by atoms with Gasteiger partial charge in [0.25, 0.3) is 5.91 Å². The van der Waals surface area contributed by atoms with Crippen LogP contribution in [0.2, 0.25) is 0 Å². The van der Waals surface area contributed by atoms with E-state index in [1.807, 2.05) is 40.9 Å². The number of pyridine rings is 1. The number of nitrogens with one attached hydrogen (secondary N) is 1. The van der Waals surface area contributed by atoms with E-state index in [9.17, 15) is 4.79 Å². The fraction of sp³-hybridized carbons (Fsp3) is 0.350. The highest BCUT2D eigenvalue weighted by molar-refractivity contribution is 5.94. The van der Waals surface area contributed by atoms with Crippen molar-refractivity contribution in [3.05, 3.63) is 60.0 Å². The number of carbonyl (C=O) groups excluding carboxylic acids is 1. The van der Waals surface area contributed by atoms with Gasteiger partial charge in [-0.2, -0.15) is 0 Å². The summed E-state index contributed by atoms with van der Waals surface area (Å²) in [6.07, 6.45) is 4.85. The summed E-state index contributed by atoms with van der Waals surface area (Å²) in [5.41, 5.74) is 1.41. The molecule has 1 atom stereocenters. The number of aromatic nitrogens is 3. The molecule has 0 radical (unpaired) electrons. The Morgan fingerprint density at radius 1 is 1.22 bits per heavy atom. The van der Waals surface area contributed by atoms with Crippen molar-refractivity contribution in [2.24, 2.45) is 0 Å². The molecule has 3 aromatic rings. The van der Waals surface area contributed by atoms with Crippen LogP contribution in [0.4, 0.5) is 0 Å². The Morgan fingerprint density at radius 2 is 2.11 bits per heavy atom. The van der Waals surface area contributed by atoms with Crippen LogP contribution in [0.15, 0.2) is 48.7 Å². The Hall–Kier alpha value is -2.93. The van der Waals surface area contributed by atoms with E-state index >= 15 is 0 Å². The number of benzene rings is 1. The van der Waals surface area contributed by atoms with Crippen molar-refractivity contribution in [1.82, 2.24) is 19.9 Å². The highest BCUT2D eigenvalue weighted by Gasteiger charge is 2.16. The van der Waals surface area contributed by atoms with Crippen LogP contribution < -0.4 is 10.1 Å². The molecule has 4 rings (SSSR count). The second-order valence-corrected chi connectivity index (χ2v) is 6.52. The number of rotatable bonds is 7. The fourth-order valence-electron chi connectivity index (χ4n) is 3.12. The minimum absolute atomic E-state index is 0.116. The van der Waals surface area contributed by atoms with Gasteiger partial charge in [-0.15, -0.1) is 10.2 Å². The van der Waals surface area contributed by atoms with Crippen LogP contribution >= 0.6 is 0 Å². The minimum Gasteiger partial charge on any atom is -0.491 e. The standard InChI is InChI=1S/C20H22N4O3/c25-20(21-11-10-19-23-22-18-5-1-2-12-24(18)19)15-6-8-16(9-7-15)27-14-17-4-3-13-26-17/h1-2,5-9,12,17H,3-4,10-11,13-14H2,(H,21,25). The summed E-state index contributed by atoms with van der Waals surface area (Å²) in [7, 11) is 0. The van der Waals surface area contributed by atoms with Crippen LogP contribution in [-0.2, 0) is 11.2 Å². The number of nitrogens with zero attached hydrogens (tertiary/aromatic N) is 3. The maximum Gasteiger partial charge on any atom is 0.251 e. The van der Waals surface area contributed by atoms with Gasteiger partial charge < -0.3 is 14.8 Å². The van der Waals surface area contributed by atoms with Gasteiger partial charge in [0.05, 0.1) is 6.10 Å². The monoisotopic (exact) mass is 366 g/mol. The summed E-state index contributed by atoms with van der Waals surface area (Å²) in [6.45, 7) is 1.86. The van der Waals surface area contributed by atoms with Gasteiger partial charge >= 0.3 is 0 Å². The molecule has 1 amide bonds. The molecular weight excluding hydrogens is 344 g/mol. The molecule has 140 valence electrons. The first-order valence-corrected chi connectivity index (χ1v) is 9.21. The minimum atomic E-state index is -0.116. The van der Waals surface area contributed by atoms with Gasteiger partial charge in [-0.25, -0.2) is 0 Å². The van der Waals surface area contributed by atoms with E-state index in [1.165, 1.54) is 0 Å². The summed E-state index contributed by atoms with van der Waals surface area (Å²) in [6, 6.07) is 12.9. The van der Waals surface area contributed by atoms with Crippen molar-refractivity contribution in [2.75, 3.05) is 19.8 Å². The summed E-state index contributed by atoms with van der Waals surface area (Å²) >= 11 is 0. The number of ether oxygens (including phenoxy) is 2. The molecule has 1 fully saturated rings. The molecule has 2 aromatic heterocycles. The maximum atomic E-state index is 12.3. The van der Waals surface area contributed by atoms with E-state index in [4.69, 9.17) is 9.47 Å². The van der Waals surface area contributed by atoms with Gasteiger partial charge in [0.2, 0.25) is 0 Å². The lowest BCUT2D eigenvalue weighted by molar-refractivity contribution is 0.0679. The zero-order chi connectivity index (χ0) is 18.5. The number of amides is 1. The molecule has 1 unspecified atom stereocenters. The van der Waals surface area contributed by atoms with Crippen LogP contribution in [0.3, 0.4) is 0 Å². The van der Waals surface area contributed by atoms with Gasteiger partial charge in [0.15, 0.2) is 5.65 Å². The van der Waals surface area contributed by atoms with Crippen LogP contribution in [0.5, 0.6) is 5.75 Å². The molecule has 1 N–H and O–H groups in total. The van der Waals surface area contributed by atoms with Gasteiger partial charge in [-0.3, -0.25) is 9.20 Å². The number of carbonyl (C=O) groups is 1. The van der Waals surface area contributed by atoms with Crippen LogP contribution in [0.1, 0.15) is 29.0 Å². The first-order chi connectivity index (χ1) is 13.3. The normalized spacial score (nSPS) is 16.5. The van der Waals surface area contributed by atoms with Crippen molar-refractivity contribution in [2.45, 2.75) is 25.4 Å². The van der Waals surface area contributed by atoms with E-state index in [1.54, 1.807) is 12.1 Å². The predicted octanol–water partition coefficient (Wildman–Crippen LogP) is 2.26. The topological polar surface area (TPSA) is 77.8 Å². The van der Waals surface area contributed by atoms with E-state index in [-0.39, 0.29) is 12.0 Å². The first-order valence-electron chi connectivity index (χ1n) is 9.21. The van der Waals surface area contributed by atoms with Gasteiger partial charge in [-0.05, 0) is 49.2 Å². The lowest BCUT2D eigenvalue weighted by atomic mass is 10.2. The van der Waals surface area contributed by atoms with Crippen molar-refractivity contribution < 1.29 is 14.3 Å². The average molecular weight is 366 g/mol. The van der Waals surface area contributed by atoms with Gasteiger partial charge in [0.1, 0.15) is 18.2 Å². The molecule has 1 aliphatic rings. The summed E-state index contributed by atoms with van der Waals surface area (Å²) in [4.78, 5) is 12.3. The molecule has 0 spiro atoms. The van der Waals surface area contributed by atoms with Gasteiger partial charge in [0, 0.05) is 31.3 Å². The molecule has 7 heteroatoms. The summed E-state index contributed by atoms with van der Waals surface area (Å²) in [5, 5.41) is 11.2. The van der Waals surface area contributed by atoms with Crippen LogP contribution in [0, 0.1) is 0 Å². The third kappa shape index (κ3) is 4.25. The summed E-state index contributed by atoms with van der Waals surface area (Å²) in [5.74, 6) is 1.45. The highest BCUT2D eigenvalue weighted by Crippen LogP contribution is 2.16. The predicted molar refractivity (Wildman–Crippen MR) is 99.9 cm³/mol. The molecule has 7 nitrogen and oxygen atoms in total.